The fourth-order valence-electron chi connectivity index (χ4n) is 3.55. The number of hydrogen-bond acceptors (Lipinski definition) is 6. The lowest BCUT2D eigenvalue weighted by Gasteiger charge is -2.34. The summed E-state index contributed by atoms with van der Waals surface area (Å²) in [6.45, 7) is 5.98. The Kier molecular flexibility index (Phi) is 8.34. The van der Waals surface area contributed by atoms with Gasteiger partial charge in [0.1, 0.15) is 0 Å². The molecule has 1 fully saturated rings. The van der Waals surface area contributed by atoms with Gasteiger partial charge in [0.15, 0.2) is 11.5 Å². The highest BCUT2D eigenvalue weighted by atomic mass is 32.2. The van der Waals surface area contributed by atoms with Gasteiger partial charge < -0.3 is 14.4 Å². The highest BCUT2D eigenvalue weighted by Gasteiger charge is 2.30. The van der Waals surface area contributed by atoms with Crippen molar-refractivity contribution in [2.24, 2.45) is 0 Å². The van der Waals surface area contributed by atoms with Crippen molar-refractivity contribution in [3.05, 3.63) is 40.6 Å². The quantitative estimate of drug-likeness (QED) is 0.536. The highest BCUT2D eigenvalue weighted by Crippen LogP contribution is 2.31. The summed E-state index contributed by atoms with van der Waals surface area (Å²) in [5.74, 6) is 1.04. The number of thiophene rings is 1. The molecular formula is C22H30N2O5S2. The molecule has 1 amide bonds. The van der Waals surface area contributed by atoms with Gasteiger partial charge in [0.25, 0.3) is 0 Å². The second-order valence-electron chi connectivity index (χ2n) is 7.19. The minimum absolute atomic E-state index is 0.0910. The fourth-order valence-corrected chi connectivity index (χ4v) is 5.74. The molecule has 0 saturated carbocycles. The third kappa shape index (κ3) is 5.99. The third-order valence-electron chi connectivity index (χ3n) is 5.14. The van der Waals surface area contributed by atoms with Crippen LogP contribution in [-0.2, 0) is 21.2 Å². The van der Waals surface area contributed by atoms with E-state index in [4.69, 9.17) is 9.47 Å². The number of hydrogen-bond donors (Lipinski definition) is 0. The Morgan fingerprint density at radius 2 is 1.74 bits per heavy atom. The zero-order valence-electron chi connectivity index (χ0n) is 18.1. The molecule has 1 saturated heterocycles. The van der Waals surface area contributed by atoms with Crippen LogP contribution in [-0.4, -0.2) is 62.9 Å². The first kappa shape index (κ1) is 23.6. The number of sulfonamides is 1. The van der Waals surface area contributed by atoms with Crippen LogP contribution >= 0.6 is 11.3 Å². The van der Waals surface area contributed by atoms with Crippen LogP contribution in [0.4, 0.5) is 0 Å². The molecule has 0 atom stereocenters. The largest absolute Gasteiger partial charge is 0.490 e. The summed E-state index contributed by atoms with van der Waals surface area (Å²) in [4.78, 5) is 15.7. The number of aryl methyl sites for hydroxylation is 1. The van der Waals surface area contributed by atoms with Crippen LogP contribution in [0.1, 0.15) is 31.6 Å². The topological polar surface area (TPSA) is 76.2 Å². The van der Waals surface area contributed by atoms with Gasteiger partial charge in [-0.2, -0.15) is 4.31 Å². The first-order valence-electron chi connectivity index (χ1n) is 10.7. The zero-order chi connectivity index (χ0) is 22.3. The van der Waals surface area contributed by atoms with Gasteiger partial charge in [0.2, 0.25) is 15.9 Å². The number of carbonyl (C=O) groups is 1. The summed E-state index contributed by atoms with van der Waals surface area (Å²) < 4.78 is 38.8. The van der Waals surface area contributed by atoms with Gasteiger partial charge in [-0.05, 0) is 50.3 Å². The lowest BCUT2D eigenvalue weighted by Crippen LogP contribution is -2.50. The Morgan fingerprint density at radius 3 is 2.39 bits per heavy atom. The molecule has 2 aromatic rings. The minimum Gasteiger partial charge on any atom is -0.490 e. The SMILES string of the molecule is CCOc1ccc(S(=O)(=O)N2CCN(C(=O)CCCc3cccs3)CC2)cc1OCC. The Labute approximate surface area is 188 Å². The van der Waals surface area contributed by atoms with Crippen molar-refractivity contribution in [3.8, 4) is 11.5 Å². The monoisotopic (exact) mass is 466 g/mol. The van der Waals surface area contributed by atoms with E-state index in [0.29, 0.717) is 44.2 Å². The number of rotatable bonds is 10. The van der Waals surface area contributed by atoms with E-state index in [1.165, 1.54) is 15.2 Å². The lowest BCUT2D eigenvalue weighted by atomic mass is 10.2. The Balaban J connectivity index is 1.57. The second-order valence-corrected chi connectivity index (χ2v) is 10.2. The standard InChI is InChI=1S/C22H30N2O5S2/c1-3-28-20-11-10-19(17-21(20)29-4-2)31(26,27)24-14-12-23(13-15-24)22(25)9-5-7-18-8-6-16-30-18/h6,8,10-11,16-17H,3-5,7,9,12-15H2,1-2H3. The first-order chi connectivity index (χ1) is 15.0. The number of carbonyl (C=O) groups excluding carboxylic acids is 1. The second kappa shape index (κ2) is 11.0. The Hall–Kier alpha value is -2.10. The molecule has 0 spiro atoms. The van der Waals surface area contributed by atoms with Crippen LogP contribution in [0, 0.1) is 0 Å². The van der Waals surface area contributed by atoms with Gasteiger partial charge >= 0.3 is 0 Å². The summed E-state index contributed by atoms with van der Waals surface area (Å²) >= 11 is 1.70. The normalized spacial score (nSPS) is 15.1. The third-order valence-corrected chi connectivity index (χ3v) is 7.97. The highest BCUT2D eigenvalue weighted by molar-refractivity contribution is 7.89. The fraction of sp³-hybridized carbons (Fsp3) is 0.500. The zero-order valence-corrected chi connectivity index (χ0v) is 19.7. The number of nitrogens with zero attached hydrogens (tertiary/aromatic N) is 2. The maximum Gasteiger partial charge on any atom is 0.243 e. The van der Waals surface area contributed by atoms with E-state index in [2.05, 4.69) is 6.07 Å². The predicted octanol–water partition coefficient (Wildman–Crippen LogP) is 3.40. The van der Waals surface area contributed by atoms with E-state index in [1.54, 1.807) is 28.4 Å². The van der Waals surface area contributed by atoms with Crippen molar-refractivity contribution in [1.29, 1.82) is 0 Å². The molecule has 9 heteroatoms. The summed E-state index contributed by atoms with van der Waals surface area (Å²) in [7, 11) is -3.67. The molecule has 2 heterocycles. The molecule has 7 nitrogen and oxygen atoms in total. The van der Waals surface area contributed by atoms with E-state index in [-0.39, 0.29) is 23.9 Å². The maximum atomic E-state index is 13.1. The van der Waals surface area contributed by atoms with E-state index in [1.807, 2.05) is 25.3 Å². The van der Waals surface area contributed by atoms with Crippen LogP contribution in [0.2, 0.25) is 0 Å². The smallest absolute Gasteiger partial charge is 0.243 e. The number of amides is 1. The molecular weight excluding hydrogens is 436 g/mol. The van der Waals surface area contributed by atoms with Crippen LogP contribution in [0.25, 0.3) is 0 Å². The van der Waals surface area contributed by atoms with Crippen molar-refractivity contribution in [2.75, 3.05) is 39.4 Å². The molecule has 3 rings (SSSR count). The molecule has 0 unspecified atom stereocenters. The molecule has 0 radical (unpaired) electrons. The van der Waals surface area contributed by atoms with Crippen molar-refractivity contribution in [2.45, 2.75) is 38.0 Å². The van der Waals surface area contributed by atoms with Crippen LogP contribution in [0.5, 0.6) is 11.5 Å². The van der Waals surface area contributed by atoms with Crippen molar-refractivity contribution in [1.82, 2.24) is 9.21 Å². The number of benzene rings is 1. The average Bonchev–Trinajstić information content (AvgIpc) is 3.29. The van der Waals surface area contributed by atoms with Crippen LogP contribution in [0.3, 0.4) is 0 Å². The van der Waals surface area contributed by atoms with E-state index in [0.717, 1.165) is 12.8 Å². The number of ether oxygens (including phenoxy) is 2. The van der Waals surface area contributed by atoms with Gasteiger partial charge in [-0.15, -0.1) is 11.3 Å². The lowest BCUT2D eigenvalue weighted by molar-refractivity contribution is -0.132. The van der Waals surface area contributed by atoms with Gasteiger partial charge in [-0.25, -0.2) is 8.42 Å². The van der Waals surface area contributed by atoms with Crippen LogP contribution in [0.15, 0.2) is 40.6 Å². The van der Waals surface area contributed by atoms with Crippen LogP contribution < -0.4 is 9.47 Å². The Morgan fingerprint density at radius 1 is 1.03 bits per heavy atom. The van der Waals surface area contributed by atoms with E-state index < -0.39 is 10.0 Å². The van der Waals surface area contributed by atoms with Crippen molar-refractivity contribution in [3.63, 3.8) is 0 Å². The van der Waals surface area contributed by atoms with Gasteiger partial charge in [-0.1, -0.05) is 6.07 Å². The molecule has 31 heavy (non-hydrogen) atoms. The minimum atomic E-state index is -3.67. The molecule has 0 bridgehead atoms. The van der Waals surface area contributed by atoms with Gasteiger partial charge in [0.05, 0.1) is 18.1 Å². The molecule has 1 aliphatic heterocycles. The maximum absolute atomic E-state index is 13.1. The molecule has 170 valence electrons. The van der Waals surface area contributed by atoms with Crippen molar-refractivity contribution >= 4 is 27.3 Å². The van der Waals surface area contributed by atoms with Crippen molar-refractivity contribution < 1.29 is 22.7 Å². The van der Waals surface area contributed by atoms with Gasteiger partial charge in [-0.3, -0.25) is 4.79 Å². The number of piperazine rings is 1. The summed E-state index contributed by atoms with van der Waals surface area (Å²) in [5, 5.41) is 2.04. The summed E-state index contributed by atoms with van der Waals surface area (Å²) in [5.41, 5.74) is 0. The Bertz CT molecular complexity index is 952. The molecule has 0 aliphatic carbocycles. The molecule has 0 N–H and O–H groups in total. The average molecular weight is 467 g/mol. The summed E-state index contributed by atoms with van der Waals surface area (Å²) in [6.07, 6.45) is 2.20. The molecule has 1 aromatic heterocycles. The van der Waals surface area contributed by atoms with Gasteiger partial charge in [0, 0.05) is 43.5 Å². The van der Waals surface area contributed by atoms with E-state index in [9.17, 15) is 13.2 Å². The summed E-state index contributed by atoms with van der Waals surface area (Å²) in [6, 6.07) is 8.80. The first-order valence-corrected chi connectivity index (χ1v) is 13.0. The molecule has 1 aromatic carbocycles. The van der Waals surface area contributed by atoms with E-state index >= 15 is 0 Å². The molecule has 1 aliphatic rings. The predicted molar refractivity (Wildman–Crippen MR) is 121 cm³/mol.